The van der Waals surface area contributed by atoms with Gasteiger partial charge in [0, 0.05) is 30.7 Å². The van der Waals surface area contributed by atoms with Crippen LogP contribution in [0.15, 0.2) is 23.1 Å². The Hall–Kier alpha value is -1.75. The van der Waals surface area contributed by atoms with Crippen molar-refractivity contribution >= 4 is 29.1 Å². The summed E-state index contributed by atoms with van der Waals surface area (Å²) in [7, 11) is 1.91. The number of Topliss-reactive ketones (excluding diaryl/α,β-unsaturated/α-hetero) is 1. The first-order valence-corrected chi connectivity index (χ1v) is 12.9. The molecule has 0 N–H and O–H groups in total. The summed E-state index contributed by atoms with van der Waals surface area (Å²) in [5, 5.41) is 3.10. The Bertz CT molecular complexity index is 848. The first-order valence-electron chi connectivity index (χ1n) is 12.0. The van der Waals surface area contributed by atoms with Crippen molar-refractivity contribution in [2.75, 3.05) is 7.05 Å². The Labute approximate surface area is 199 Å². The number of carbonyl (C=O) groups excluding carboxylic acids is 2. The molecule has 0 fully saturated rings. The van der Waals surface area contributed by atoms with Crippen LogP contribution in [0.5, 0.6) is 0 Å². The maximum absolute atomic E-state index is 13.8. The molecule has 32 heavy (non-hydrogen) atoms. The van der Waals surface area contributed by atoms with E-state index in [1.165, 1.54) is 0 Å². The van der Waals surface area contributed by atoms with Gasteiger partial charge in [-0.3, -0.25) is 9.59 Å². The summed E-state index contributed by atoms with van der Waals surface area (Å²) < 4.78 is 0. The molecule has 0 saturated heterocycles. The van der Waals surface area contributed by atoms with Crippen LogP contribution in [0.1, 0.15) is 96.7 Å². The third-order valence-electron chi connectivity index (χ3n) is 7.29. The highest BCUT2D eigenvalue weighted by atomic mass is 32.1. The van der Waals surface area contributed by atoms with Crippen LogP contribution in [0.4, 0.5) is 0 Å². The number of rotatable bonds is 2. The average Bonchev–Trinajstić information content (AvgIpc) is 3.11. The Morgan fingerprint density at radius 3 is 2.47 bits per heavy atom. The van der Waals surface area contributed by atoms with Gasteiger partial charge in [0.15, 0.2) is 0 Å². The smallest absolute Gasteiger partial charge is 0.229 e. The monoisotopic (exact) mass is 458 g/mol. The number of carbonyl (C=O) groups is 2. The van der Waals surface area contributed by atoms with Gasteiger partial charge in [0.05, 0.1) is 16.7 Å². The number of thiazole rings is 1. The van der Waals surface area contributed by atoms with E-state index in [4.69, 9.17) is 0 Å². The molecule has 2 heterocycles. The molecular formula is C27H42N2O2S. The third-order valence-corrected chi connectivity index (χ3v) is 8.09. The zero-order valence-electron chi connectivity index (χ0n) is 21.2. The molecule has 0 aliphatic carbocycles. The van der Waals surface area contributed by atoms with Crippen LogP contribution in [-0.2, 0) is 9.59 Å². The van der Waals surface area contributed by atoms with Crippen LogP contribution in [0.2, 0.25) is 0 Å². The van der Waals surface area contributed by atoms with Crippen LogP contribution < -0.4 is 0 Å². The number of nitrogens with zero attached hydrogens (tertiary/aromatic N) is 2. The molecule has 1 atom stereocenters. The minimum Gasteiger partial charge on any atom is -0.338 e. The van der Waals surface area contributed by atoms with E-state index in [1.54, 1.807) is 11.3 Å². The number of amides is 1. The van der Waals surface area contributed by atoms with Gasteiger partial charge in [-0.15, -0.1) is 11.3 Å². The van der Waals surface area contributed by atoms with Gasteiger partial charge in [-0.25, -0.2) is 4.98 Å². The molecule has 0 aromatic carbocycles. The van der Waals surface area contributed by atoms with Gasteiger partial charge in [0.25, 0.3) is 0 Å². The Kier molecular flexibility index (Phi) is 9.44. The molecular weight excluding hydrogens is 416 g/mol. The zero-order chi connectivity index (χ0) is 23.9. The van der Waals surface area contributed by atoms with E-state index in [0.717, 1.165) is 54.8 Å². The second-order valence-corrected chi connectivity index (χ2v) is 11.6. The Morgan fingerprint density at radius 2 is 1.81 bits per heavy atom. The fourth-order valence-electron chi connectivity index (χ4n) is 4.38. The molecule has 1 unspecified atom stereocenters. The molecule has 1 aromatic heterocycles. The summed E-state index contributed by atoms with van der Waals surface area (Å²) in [6, 6.07) is -0.0422. The molecule has 178 valence electrons. The molecule has 1 amide bonds. The van der Waals surface area contributed by atoms with Crippen LogP contribution >= 0.6 is 11.3 Å². The highest BCUT2D eigenvalue weighted by Crippen LogP contribution is 2.44. The number of aryl methyl sites for hydroxylation is 1. The van der Waals surface area contributed by atoms with Crippen molar-refractivity contribution in [3.63, 3.8) is 0 Å². The number of likely N-dealkylation sites (N-methyl/N-ethyl adjacent to an activating group) is 1. The van der Waals surface area contributed by atoms with Crippen molar-refractivity contribution in [1.82, 2.24) is 9.88 Å². The highest BCUT2D eigenvalue weighted by molar-refractivity contribution is 7.09. The number of hydrogen-bond acceptors (Lipinski definition) is 4. The summed E-state index contributed by atoms with van der Waals surface area (Å²) in [6.45, 7) is 12.2. The van der Waals surface area contributed by atoms with Crippen molar-refractivity contribution in [2.45, 2.75) is 99.0 Å². The second-order valence-electron chi connectivity index (χ2n) is 10.5. The first-order chi connectivity index (χ1) is 15.0. The second kappa shape index (κ2) is 11.4. The number of allylic oxidation sites excluding steroid dienone is 1. The van der Waals surface area contributed by atoms with Gasteiger partial charge >= 0.3 is 0 Å². The highest BCUT2D eigenvalue weighted by Gasteiger charge is 2.46. The summed E-state index contributed by atoms with van der Waals surface area (Å²) in [6.07, 6.45) is 13.8. The van der Waals surface area contributed by atoms with Crippen LogP contribution in [0.3, 0.4) is 0 Å². The quantitative estimate of drug-likeness (QED) is 0.449. The van der Waals surface area contributed by atoms with Crippen molar-refractivity contribution in [3.05, 3.63) is 33.8 Å². The van der Waals surface area contributed by atoms with Gasteiger partial charge in [0.2, 0.25) is 5.91 Å². The number of ketones is 1. The van der Waals surface area contributed by atoms with E-state index >= 15 is 0 Å². The Morgan fingerprint density at radius 1 is 1.12 bits per heavy atom. The van der Waals surface area contributed by atoms with Crippen LogP contribution in [-0.4, -0.2) is 34.7 Å². The maximum atomic E-state index is 13.8. The molecule has 5 heteroatoms. The maximum Gasteiger partial charge on any atom is 0.229 e. The van der Waals surface area contributed by atoms with Crippen molar-refractivity contribution in [3.8, 4) is 0 Å². The lowest BCUT2D eigenvalue weighted by Gasteiger charge is -2.44. The molecule has 0 saturated carbocycles. The van der Waals surface area contributed by atoms with E-state index in [-0.39, 0.29) is 17.7 Å². The van der Waals surface area contributed by atoms with Gasteiger partial charge < -0.3 is 4.90 Å². The summed E-state index contributed by atoms with van der Waals surface area (Å²) in [5.41, 5.74) is 0.999. The average molecular weight is 459 g/mol. The van der Waals surface area contributed by atoms with Gasteiger partial charge in [-0.1, -0.05) is 52.7 Å². The first kappa shape index (κ1) is 26.5. The standard InChI is InChI=1S/C27H42N2O2S/c1-20(17-22-19-32-21(2)28-22)24-16-14-12-10-8-9-11-13-15-23(30)18-26(3,4)27(5,6)25(31)29(24)7/h12,14,17,19,24H,8-11,13,15-16,18H2,1-7H3. The minimum atomic E-state index is -0.659. The summed E-state index contributed by atoms with van der Waals surface area (Å²) >= 11 is 1.64. The number of hydrogen-bond donors (Lipinski definition) is 0. The van der Waals surface area contributed by atoms with Gasteiger partial charge in [-0.2, -0.15) is 0 Å². The van der Waals surface area contributed by atoms with Crippen molar-refractivity contribution in [2.24, 2.45) is 10.8 Å². The molecule has 1 aliphatic heterocycles. The molecule has 1 aromatic rings. The lowest BCUT2D eigenvalue weighted by atomic mass is 9.64. The Balaban J connectivity index is 2.38. The van der Waals surface area contributed by atoms with Gasteiger partial charge in [0.1, 0.15) is 5.78 Å². The molecule has 4 nitrogen and oxygen atoms in total. The zero-order valence-corrected chi connectivity index (χ0v) is 22.0. The van der Waals surface area contributed by atoms with Crippen LogP contribution in [0, 0.1) is 17.8 Å². The van der Waals surface area contributed by atoms with E-state index in [2.05, 4.69) is 49.4 Å². The summed E-state index contributed by atoms with van der Waals surface area (Å²) in [4.78, 5) is 33.0. The van der Waals surface area contributed by atoms with E-state index in [9.17, 15) is 9.59 Å². The van der Waals surface area contributed by atoms with E-state index in [0.29, 0.717) is 12.8 Å². The SMILES string of the molecule is CC(=Cc1csc(C)n1)C1CC=CCCCCCCC(=O)CC(C)(C)C(C)(C)C(=O)N1C. The van der Waals surface area contributed by atoms with E-state index < -0.39 is 10.8 Å². The van der Waals surface area contributed by atoms with E-state index in [1.807, 2.05) is 32.7 Å². The summed E-state index contributed by atoms with van der Waals surface area (Å²) in [5.74, 6) is 0.361. The lowest BCUT2D eigenvalue weighted by Crippen LogP contribution is -2.51. The normalized spacial score (nSPS) is 24.0. The topological polar surface area (TPSA) is 50.3 Å². The fraction of sp³-hybridized carbons (Fsp3) is 0.667. The molecule has 0 spiro atoms. The minimum absolute atomic E-state index is 0.0422. The molecule has 1 aliphatic rings. The number of aromatic nitrogens is 1. The predicted molar refractivity (Wildman–Crippen MR) is 136 cm³/mol. The fourth-order valence-corrected chi connectivity index (χ4v) is 4.95. The molecule has 0 radical (unpaired) electrons. The molecule has 0 bridgehead atoms. The molecule has 2 rings (SSSR count). The van der Waals surface area contributed by atoms with Crippen molar-refractivity contribution in [1.29, 1.82) is 0 Å². The van der Waals surface area contributed by atoms with Gasteiger partial charge in [-0.05, 0) is 56.6 Å². The van der Waals surface area contributed by atoms with Crippen molar-refractivity contribution < 1.29 is 9.59 Å². The predicted octanol–water partition coefficient (Wildman–Crippen LogP) is 6.99. The lowest BCUT2D eigenvalue weighted by molar-refractivity contribution is -0.148. The third kappa shape index (κ3) is 6.87. The van der Waals surface area contributed by atoms with Crippen LogP contribution in [0.25, 0.3) is 6.08 Å². The largest absolute Gasteiger partial charge is 0.338 e.